The lowest BCUT2D eigenvalue weighted by Crippen LogP contribution is -2.45. The van der Waals surface area contributed by atoms with Crippen molar-refractivity contribution in [3.63, 3.8) is 0 Å². The lowest BCUT2D eigenvalue weighted by molar-refractivity contribution is -0.142. The fourth-order valence-corrected chi connectivity index (χ4v) is 2.76. The number of hydrogen-bond acceptors (Lipinski definition) is 4. The molecule has 1 aliphatic heterocycles. The average molecular weight is 319 g/mol. The molecule has 1 aliphatic rings. The standard InChI is InChI=1S/C16H17NO6/c1-2-9-5-3-6-10-13(9)15(21)17(14(10)20)11(16(22)23)7-4-8-12(18)19/h3,5-6,11H,2,4,7-8H2,1H3,(H,18,19)(H,22,23). The van der Waals surface area contributed by atoms with Crippen LogP contribution in [0.1, 0.15) is 52.5 Å². The second-order valence-electron chi connectivity index (χ2n) is 5.31. The summed E-state index contributed by atoms with van der Waals surface area (Å²) in [5, 5.41) is 18.0. The summed E-state index contributed by atoms with van der Waals surface area (Å²) >= 11 is 0. The van der Waals surface area contributed by atoms with Crippen molar-refractivity contribution in [3.05, 3.63) is 34.9 Å². The molecule has 0 saturated carbocycles. The fraction of sp³-hybridized carbons (Fsp3) is 0.375. The number of carboxylic acid groups (broad SMARTS) is 2. The van der Waals surface area contributed by atoms with E-state index in [0.29, 0.717) is 12.0 Å². The molecule has 1 unspecified atom stereocenters. The Bertz CT molecular complexity index is 681. The van der Waals surface area contributed by atoms with Crippen molar-refractivity contribution in [1.82, 2.24) is 4.90 Å². The van der Waals surface area contributed by atoms with Crippen molar-refractivity contribution in [1.29, 1.82) is 0 Å². The van der Waals surface area contributed by atoms with E-state index in [2.05, 4.69) is 0 Å². The van der Waals surface area contributed by atoms with Crippen LogP contribution < -0.4 is 0 Å². The van der Waals surface area contributed by atoms with Crippen LogP contribution in [-0.4, -0.2) is 44.9 Å². The predicted octanol–water partition coefficient (Wildman–Crippen LogP) is 1.55. The van der Waals surface area contributed by atoms with Crippen LogP contribution in [0.3, 0.4) is 0 Å². The molecule has 23 heavy (non-hydrogen) atoms. The molecule has 122 valence electrons. The Morgan fingerprint density at radius 3 is 2.43 bits per heavy atom. The molecule has 2 amide bonds. The molecule has 0 spiro atoms. The molecule has 2 rings (SSSR count). The summed E-state index contributed by atoms with van der Waals surface area (Å²) in [6.45, 7) is 1.84. The van der Waals surface area contributed by atoms with Gasteiger partial charge >= 0.3 is 11.9 Å². The molecule has 0 fully saturated rings. The van der Waals surface area contributed by atoms with Crippen molar-refractivity contribution in [3.8, 4) is 0 Å². The van der Waals surface area contributed by atoms with Crippen LogP contribution in [0, 0.1) is 0 Å². The van der Waals surface area contributed by atoms with Gasteiger partial charge < -0.3 is 10.2 Å². The number of nitrogens with zero attached hydrogens (tertiary/aromatic N) is 1. The van der Waals surface area contributed by atoms with Crippen molar-refractivity contribution < 1.29 is 29.4 Å². The quantitative estimate of drug-likeness (QED) is 0.737. The lowest BCUT2D eigenvalue weighted by atomic mass is 10.0. The highest BCUT2D eigenvalue weighted by atomic mass is 16.4. The van der Waals surface area contributed by atoms with Crippen LogP contribution in [0.4, 0.5) is 0 Å². The Hall–Kier alpha value is -2.70. The Balaban J connectivity index is 2.32. The van der Waals surface area contributed by atoms with E-state index in [9.17, 15) is 24.3 Å². The van der Waals surface area contributed by atoms with E-state index >= 15 is 0 Å². The van der Waals surface area contributed by atoms with Gasteiger partial charge in [0.2, 0.25) is 0 Å². The average Bonchev–Trinajstić information content (AvgIpc) is 2.75. The van der Waals surface area contributed by atoms with Gasteiger partial charge in [0.05, 0.1) is 11.1 Å². The van der Waals surface area contributed by atoms with Crippen LogP contribution in [0.5, 0.6) is 0 Å². The highest BCUT2D eigenvalue weighted by molar-refractivity contribution is 6.23. The topological polar surface area (TPSA) is 112 Å². The molecule has 1 aromatic carbocycles. The number of imide groups is 1. The molecular weight excluding hydrogens is 302 g/mol. The Morgan fingerprint density at radius 2 is 1.87 bits per heavy atom. The molecule has 1 aromatic rings. The molecule has 1 heterocycles. The third kappa shape index (κ3) is 3.08. The highest BCUT2D eigenvalue weighted by Gasteiger charge is 2.43. The fourth-order valence-electron chi connectivity index (χ4n) is 2.76. The zero-order chi connectivity index (χ0) is 17.1. The van der Waals surface area contributed by atoms with Gasteiger partial charge in [0.1, 0.15) is 6.04 Å². The van der Waals surface area contributed by atoms with Crippen molar-refractivity contribution >= 4 is 23.8 Å². The molecule has 0 aromatic heterocycles. The number of aryl methyl sites for hydroxylation is 1. The molecule has 0 saturated heterocycles. The van der Waals surface area contributed by atoms with Gasteiger partial charge in [0.15, 0.2) is 0 Å². The summed E-state index contributed by atoms with van der Waals surface area (Å²) < 4.78 is 0. The maximum atomic E-state index is 12.6. The first-order valence-electron chi connectivity index (χ1n) is 7.32. The summed E-state index contributed by atoms with van der Waals surface area (Å²) in [5.41, 5.74) is 1.15. The molecular formula is C16H17NO6. The first kappa shape index (κ1) is 16.7. The minimum atomic E-state index is -1.36. The maximum Gasteiger partial charge on any atom is 0.326 e. The number of hydrogen-bond donors (Lipinski definition) is 2. The molecule has 1 atom stereocenters. The van der Waals surface area contributed by atoms with Gasteiger partial charge in [-0.1, -0.05) is 19.1 Å². The van der Waals surface area contributed by atoms with E-state index in [4.69, 9.17) is 5.11 Å². The minimum Gasteiger partial charge on any atom is -0.481 e. The second-order valence-corrected chi connectivity index (χ2v) is 5.31. The van der Waals surface area contributed by atoms with Gasteiger partial charge in [-0.3, -0.25) is 19.3 Å². The highest BCUT2D eigenvalue weighted by Crippen LogP contribution is 2.29. The van der Waals surface area contributed by atoms with Gasteiger partial charge in [-0.15, -0.1) is 0 Å². The number of carboxylic acids is 2. The van der Waals surface area contributed by atoms with Gasteiger partial charge in [0, 0.05) is 6.42 Å². The molecule has 2 N–H and O–H groups in total. The number of benzene rings is 1. The predicted molar refractivity (Wildman–Crippen MR) is 79.2 cm³/mol. The van der Waals surface area contributed by atoms with Gasteiger partial charge in [-0.05, 0) is 30.9 Å². The SMILES string of the molecule is CCc1cccc2c1C(=O)N(C(CCCC(=O)O)C(=O)O)C2=O. The Morgan fingerprint density at radius 1 is 1.17 bits per heavy atom. The van der Waals surface area contributed by atoms with Crippen LogP contribution in [-0.2, 0) is 16.0 Å². The van der Waals surface area contributed by atoms with Crippen LogP contribution in [0.25, 0.3) is 0 Å². The van der Waals surface area contributed by atoms with E-state index in [0.717, 1.165) is 4.90 Å². The molecule has 0 bridgehead atoms. The van der Waals surface area contributed by atoms with E-state index in [1.807, 2.05) is 6.92 Å². The van der Waals surface area contributed by atoms with E-state index < -0.39 is 29.8 Å². The van der Waals surface area contributed by atoms with Crippen LogP contribution in [0.2, 0.25) is 0 Å². The summed E-state index contributed by atoms with van der Waals surface area (Å²) in [6.07, 6.45) is 0.314. The second kappa shape index (κ2) is 6.60. The third-order valence-corrected chi connectivity index (χ3v) is 3.88. The Labute approximate surface area is 132 Å². The number of fused-ring (bicyclic) bond motifs is 1. The number of rotatable bonds is 7. The van der Waals surface area contributed by atoms with Gasteiger partial charge in [-0.25, -0.2) is 4.79 Å². The molecule has 0 aliphatic carbocycles. The van der Waals surface area contributed by atoms with Crippen molar-refractivity contribution in [2.24, 2.45) is 0 Å². The number of carbonyl (C=O) groups excluding carboxylic acids is 2. The van der Waals surface area contributed by atoms with Crippen LogP contribution in [0.15, 0.2) is 18.2 Å². The maximum absolute atomic E-state index is 12.6. The zero-order valence-corrected chi connectivity index (χ0v) is 12.6. The van der Waals surface area contributed by atoms with Gasteiger partial charge in [-0.2, -0.15) is 0 Å². The third-order valence-electron chi connectivity index (χ3n) is 3.88. The smallest absolute Gasteiger partial charge is 0.326 e. The van der Waals surface area contributed by atoms with E-state index in [-0.39, 0.29) is 30.4 Å². The van der Waals surface area contributed by atoms with Crippen molar-refractivity contribution in [2.45, 2.75) is 38.6 Å². The monoisotopic (exact) mass is 319 g/mol. The van der Waals surface area contributed by atoms with E-state index in [1.165, 1.54) is 6.07 Å². The number of amides is 2. The van der Waals surface area contributed by atoms with Gasteiger partial charge in [0.25, 0.3) is 11.8 Å². The first-order valence-corrected chi connectivity index (χ1v) is 7.32. The first-order chi connectivity index (χ1) is 10.9. The summed E-state index contributed by atoms with van der Waals surface area (Å²) in [4.78, 5) is 47.8. The number of aliphatic carboxylic acids is 2. The largest absolute Gasteiger partial charge is 0.481 e. The zero-order valence-electron chi connectivity index (χ0n) is 12.6. The van der Waals surface area contributed by atoms with E-state index in [1.54, 1.807) is 12.1 Å². The molecule has 7 heteroatoms. The summed E-state index contributed by atoms with van der Waals surface area (Å²) in [5.74, 6) is -3.62. The lowest BCUT2D eigenvalue weighted by Gasteiger charge is -2.22. The van der Waals surface area contributed by atoms with Crippen LogP contribution >= 0.6 is 0 Å². The van der Waals surface area contributed by atoms with Crippen molar-refractivity contribution in [2.75, 3.05) is 0 Å². The molecule has 0 radical (unpaired) electrons. The molecule has 7 nitrogen and oxygen atoms in total. The minimum absolute atomic E-state index is 0.0698. The normalized spacial score (nSPS) is 14.7. The summed E-state index contributed by atoms with van der Waals surface area (Å²) in [6, 6.07) is 3.54. The number of carbonyl (C=O) groups is 4. The Kier molecular flexibility index (Phi) is 4.78. The summed E-state index contributed by atoms with van der Waals surface area (Å²) in [7, 11) is 0.